The van der Waals surface area contributed by atoms with Gasteiger partial charge in [0, 0.05) is 12.4 Å². The van der Waals surface area contributed by atoms with Crippen LogP contribution in [0.5, 0.6) is 11.5 Å². The fourth-order valence-electron chi connectivity index (χ4n) is 1.68. The number of rotatable bonds is 6. The summed E-state index contributed by atoms with van der Waals surface area (Å²) in [6.45, 7) is 2.45. The molecule has 0 saturated heterocycles. The van der Waals surface area contributed by atoms with Crippen LogP contribution < -0.4 is 14.9 Å². The third kappa shape index (κ3) is 4.02. The summed E-state index contributed by atoms with van der Waals surface area (Å²) in [7, 11) is 1.56. The number of hydrogen-bond acceptors (Lipinski definition) is 6. The van der Waals surface area contributed by atoms with Crippen molar-refractivity contribution in [3.63, 3.8) is 0 Å². The van der Waals surface area contributed by atoms with Crippen LogP contribution in [0.15, 0.2) is 41.9 Å². The van der Waals surface area contributed by atoms with Crippen molar-refractivity contribution in [3.8, 4) is 11.5 Å². The molecular formula is C15H16N4O3. The Bertz CT molecular complexity index is 659. The van der Waals surface area contributed by atoms with Crippen LogP contribution in [0.4, 0.5) is 0 Å². The van der Waals surface area contributed by atoms with E-state index in [-0.39, 0.29) is 5.69 Å². The van der Waals surface area contributed by atoms with Crippen molar-refractivity contribution < 1.29 is 14.3 Å². The average molecular weight is 300 g/mol. The van der Waals surface area contributed by atoms with E-state index in [9.17, 15) is 4.79 Å². The molecule has 0 fully saturated rings. The second-order valence-electron chi connectivity index (χ2n) is 4.13. The van der Waals surface area contributed by atoms with E-state index in [0.29, 0.717) is 18.1 Å². The molecule has 0 atom stereocenters. The minimum absolute atomic E-state index is 0.198. The summed E-state index contributed by atoms with van der Waals surface area (Å²) >= 11 is 0. The predicted octanol–water partition coefficient (Wildman–Crippen LogP) is 1.65. The minimum Gasteiger partial charge on any atom is -0.493 e. The molecule has 1 heterocycles. The summed E-state index contributed by atoms with van der Waals surface area (Å²) in [6, 6.07) is 5.36. The van der Waals surface area contributed by atoms with Gasteiger partial charge >= 0.3 is 0 Å². The van der Waals surface area contributed by atoms with Gasteiger partial charge in [-0.15, -0.1) is 0 Å². The molecule has 0 aliphatic carbocycles. The number of carbonyl (C=O) groups excluding carboxylic acids is 1. The van der Waals surface area contributed by atoms with E-state index >= 15 is 0 Å². The molecule has 1 aromatic carbocycles. The summed E-state index contributed by atoms with van der Waals surface area (Å²) in [5, 5.41) is 3.88. The Kier molecular flexibility index (Phi) is 5.42. The topological polar surface area (TPSA) is 85.7 Å². The fraction of sp³-hybridized carbons (Fsp3) is 0.200. The number of amides is 1. The number of carbonyl (C=O) groups is 1. The standard InChI is InChI=1S/C15H16N4O3/c1-3-22-13-5-4-11(8-14(13)21-2)9-18-19-15(20)12-10-16-6-7-17-12/h4-10H,3H2,1-2H3,(H,19,20)/b18-9+. The Morgan fingerprint density at radius 1 is 1.36 bits per heavy atom. The van der Waals surface area contributed by atoms with Crippen molar-refractivity contribution in [1.29, 1.82) is 0 Å². The second-order valence-corrected chi connectivity index (χ2v) is 4.13. The summed E-state index contributed by atoms with van der Waals surface area (Å²) in [4.78, 5) is 19.4. The van der Waals surface area contributed by atoms with Crippen molar-refractivity contribution in [2.45, 2.75) is 6.92 Å². The number of ether oxygens (including phenoxy) is 2. The molecule has 2 aromatic rings. The number of methoxy groups -OCH3 is 1. The Balaban J connectivity index is 2.02. The van der Waals surface area contributed by atoms with Crippen LogP contribution >= 0.6 is 0 Å². The quantitative estimate of drug-likeness (QED) is 0.647. The maximum absolute atomic E-state index is 11.7. The highest BCUT2D eigenvalue weighted by Gasteiger charge is 2.06. The van der Waals surface area contributed by atoms with Crippen LogP contribution in [-0.4, -0.2) is 35.8 Å². The van der Waals surface area contributed by atoms with E-state index in [2.05, 4.69) is 20.5 Å². The van der Waals surface area contributed by atoms with Crippen molar-refractivity contribution in [3.05, 3.63) is 48.0 Å². The smallest absolute Gasteiger partial charge is 0.291 e. The monoisotopic (exact) mass is 300 g/mol. The van der Waals surface area contributed by atoms with Crippen molar-refractivity contribution in [2.75, 3.05) is 13.7 Å². The lowest BCUT2D eigenvalue weighted by atomic mass is 10.2. The van der Waals surface area contributed by atoms with E-state index in [4.69, 9.17) is 9.47 Å². The van der Waals surface area contributed by atoms with Gasteiger partial charge in [-0.05, 0) is 30.7 Å². The third-order valence-electron chi connectivity index (χ3n) is 2.66. The van der Waals surface area contributed by atoms with E-state index in [1.54, 1.807) is 19.2 Å². The zero-order valence-electron chi connectivity index (χ0n) is 12.3. The van der Waals surface area contributed by atoms with Crippen molar-refractivity contribution in [1.82, 2.24) is 15.4 Å². The molecule has 7 heteroatoms. The Morgan fingerprint density at radius 2 is 2.23 bits per heavy atom. The average Bonchev–Trinajstić information content (AvgIpc) is 2.57. The molecule has 1 aromatic heterocycles. The molecule has 0 bridgehead atoms. The molecule has 0 unspecified atom stereocenters. The predicted molar refractivity (Wildman–Crippen MR) is 81.3 cm³/mol. The van der Waals surface area contributed by atoms with Gasteiger partial charge in [0.2, 0.25) is 0 Å². The van der Waals surface area contributed by atoms with Gasteiger partial charge in [0.25, 0.3) is 5.91 Å². The zero-order valence-corrected chi connectivity index (χ0v) is 12.3. The highest BCUT2D eigenvalue weighted by molar-refractivity contribution is 5.92. The van der Waals surface area contributed by atoms with Crippen LogP contribution in [0, 0.1) is 0 Å². The van der Waals surface area contributed by atoms with Gasteiger partial charge in [0.1, 0.15) is 5.69 Å². The number of hydrogen-bond donors (Lipinski definition) is 1. The lowest BCUT2D eigenvalue weighted by Crippen LogP contribution is -2.19. The molecule has 0 radical (unpaired) electrons. The number of hydrazone groups is 1. The first-order valence-electron chi connectivity index (χ1n) is 6.65. The number of nitrogens with one attached hydrogen (secondary N) is 1. The normalized spacial score (nSPS) is 10.5. The molecule has 114 valence electrons. The third-order valence-corrected chi connectivity index (χ3v) is 2.66. The maximum atomic E-state index is 11.7. The Morgan fingerprint density at radius 3 is 2.91 bits per heavy atom. The van der Waals surface area contributed by atoms with E-state index in [0.717, 1.165) is 5.56 Å². The Hall–Kier alpha value is -2.96. The molecule has 22 heavy (non-hydrogen) atoms. The largest absolute Gasteiger partial charge is 0.493 e. The van der Waals surface area contributed by atoms with Gasteiger partial charge in [-0.1, -0.05) is 0 Å². The summed E-state index contributed by atoms with van der Waals surface area (Å²) in [6.07, 6.45) is 5.81. The molecule has 0 aliphatic rings. The van der Waals surface area contributed by atoms with Gasteiger partial charge in [-0.3, -0.25) is 9.78 Å². The Labute approximate surface area is 128 Å². The first-order valence-corrected chi connectivity index (χ1v) is 6.65. The van der Waals surface area contributed by atoms with Crippen LogP contribution in [0.2, 0.25) is 0 Å². The second kappa shape index (κ2) is 7.72. The van der Waals surface area contributed by atoms with Gasteiger partial charge < -0.3 is 9.47 Å². The number of nitrogens with zero attached hydrogens (tertiary/aromatic N) is 3. The van der Waals surface area contributed by atoms with E-state index < -0.39 is 5.91 Å². The van der Waals surface area contributed by atoms with Gasteiger partial charge in [-0.25, -0.2) is 10.4 Å². The molecule has 1 amide bonds. The number of benzene rings is 1. The fourth-order valence-corrected chi connectivity index (χ4v) is 1.68. The van der Waals surface area contributed by atoms with Crippen LogP contribution in [-0.2, 0) is 0 Å². The summed E-state index contributed by atoms with van der Waals surface area (Å²) < 4.78 is 10.7. The first-order chi connectivity index (χ1) is 10.7. The lowest BCUT2D eigenvalue weighted by Gasteiger charge is -2.09. The zero-order chi connectivity index (χ0) is 15.8. The molecule has 7 nitrogen and oxygen atoms in total. The molecular weight excluding hydrogens is 284 g/mol. The lowest BCUT2D eigenvalue weighted by molar-refractivity contribution is 0.0949. The highest BCUT2D eigenvalue weighted by atomic mass is 16.5. The SMILES string of the molecule is CCOc1ccc(/C=N/NC(=O)c2cnccn2)cc1OC. The minimum atomic E-state index is -0.428. The summed E-state index contributed by atoms with van der Waals surface area (Å²) in [5.41, 5.74) is 3.34. The van der Waals surface area contributed by atoms with E-state index in [1.165, 1.54) is 24.8 Å². The summed E-state index contributed by atoms with van der Waals surface area (Å²) in [5.74, 6) is 0.832. The highest BCUT2D eigenvalue weighted by Crippen LogP contribution is 2.27. The van der Waals surface area contributed by atoms with Crippen molar-refractivity contribution >= 4 is 12.1 Å². The van der Waals surface area contributed by atoms with Gasteiger partial charge in [0.05, 0.1) is 26.1 Å². The van der Waals surface area contributed by atoms with Gasteiger partial charge in [-0.2, -0.15) is 5.10 Å². The first kappa shape index (κ1) is 15.4. The molecule has 0 spiro atoms. The molecule has 0 saturated carbocycles. The molecule has 1 N–H and O–H groups in total. The van der Waals surface area contributed by atoms with Crippen molar-refractivity contribution in [2.24, 2.45) is 5.10 Å². The maximum Gasteiger partial charge on any atom is 0.291 e. The number of aromatic nitrogens is 2. The van der Waals surface area contributed by atoms with Gasteiger partial charge in [0.15, 0.2) is 11.5 Å². The van der Waals surface area contributed by atoms with Crippen LogP contribution in [0.25, 0.3) is 0 Å². The molecule has 2 rings (SSSR count). The van der Waals surface area contributed by atoms with Crippen LogP contribution in [0.1, 0.15) is 23.0 Å². The van der Waals surface area contributed by atoms with Crippen LogP contribution in [0.3, 0.4) is 0 Å². The van der Waals surface area contributed by atoms with E-state index in [1.807, 2.05) is 13.0 Å². The molecule has 0 aliphatic heterocycles.